The van der Waals surface area contributed by atoms with Crippen LogP contribution in [0, 0.1) is 0 Å². The molecule has 0 saturated heterocycles. The number of hydrogen-bond acceptors (Lipinski definition) is 6. The fourth-order valence-corrected chi connectivity index (χ4v) is 1.25. The van der Waals surface area contributed by atoms with E-state index < -0.39 is 17.8 Å². The van der Waals surface area contributed by atoms with Crippen LogP contribution in [0.4, 0.5) is 0 Å². The second-order valence-corrected chi connectivity index (χ2v) is 4.69. The molecule has 0 heterocycles. The Kier molecular flexibility index (Phi) is 23.4. The van der Waals surface area contributed by atoms with Crippen LogP contribution in [-0.2, 0) is 24.0 Å². The highest BCUT2D eigenvalue weighted by molar-refractivity contribution is 5.88. The van der Waals surface area contributed by atoms with E-state index in [9.17, 15) is 24.0 Å². The highest BCUT2D eigenvalue weighted by Gasteiger charge is 2.07. The second kappa shape index (κ2) is 22.0. The van der Waals surface area contributed by atoms with E-state index in [1.807, 2.05) is 13.8 Å². The first-order valence-electron chi connectivity index (χ1n) is 8.71. The third kappa shape index (κ3) is 23.0. The van der Waals surface area contributed by atoms with Crippen LogP contribution in [0.1, 0.15) is 27.2 Å². The van der Waals surface area contributed by atoms with Crippen molar-refractivity contribution in [2.24, 2.45) is 0 Å². The van der Waals surface area contributed by atoms with Gasteiger partial charge in [-0.05, 0) is 14.0 Å². The molecule has 0 aromatic carbocycles. The van der Waals surface area contributed by atoms with E-state index in [-0.39, 0.29) is 38.5 Å². The third-order valence-electron chi connectivity index (χ3n) is 2.60. The molecule has 10 heteroatoms. The predicted molar refractivity (Wildman–Crippen MR) is 107 cm³/mol. The Morgan fingerprint density at radius 3 is 1.71 bits per heavy atom. The lowest BCUT2D eigenvalue weighted by Crippen LogP contribution is -2.43. The molecule has 0 saturated carbocycles. The minimum Gasteiger partial charge on any atom is -0.481 e. The Hall–Kier alpha value is -3.01. The van der Waals surface area contributed by atoms with Gasteiger partial charge in [0, 0.05) is 12.1 Å². The number of carbonyl (C=O) groups is 5. The van der Waals surface area contributed by atoms with Crippen molar-refractivity contribution in [1.82, 2.24) is 21.3 Å². The van der Waals surface area contributed by atoms with Crippen LogP contribution in [0.15, 0.2) is 24.3 Å². The molecule has 0 spiro atoms. The second-order valence-electron chi connectivity index (χ2n) is 4.69. The number of carboxylic acids is 1. The van der Waals surface area contributed by atoms with Crippen molar-refractivity contribution < 1.29 is 29.1 Å². The number of carbonyl (C=O) groups excluding carboxylic acids is 4. The maximum absolute atomic E-state index is 11.2. The lowest BCUT2D eigenvalue weighted by atomic mass is 10.3. The van der Waals surface area contributed by atoms with Gasteiger partial charge in [-0.2, -0.15) is 0 Å². The number of nitrogens with one attached hydrogen (secondary N) is 4. The van der Waals surface area contributed by atoms with Crippen LogP contribution < -0.4 is 21.3 Å². The van der Waals surface area contributed by atoms with E-state index in [0.29, 0.717) is 5.57 Å². The number of allylic oxidation sites excluding steroid dienone is 3. The molecule has 0 unspecified atom stereocenters. The van der Waals surface area contributed by atoms with Gasteiger partial charge in [0.2, 0.25) is 17.7 Å². The summed E-state index contributed by atoms with van der Waals surface area (Å²) in [5, 5.41) is 17.9. The van der Waals surface area contributed by atoms with Gasteiger partial charge in [0.1, 0.15) is 6.29 Å². The Labute approximate surface area is 165 Å². The SMILES string of the molecule is C=C/C(C=O)=C\C.CC.CNCC(=O)NCC(=O)NCC(=O)NCCC(=O)O. The zero-order valence-electron chi connectivity index (χ0n) is 17.0. The summed E-state index contributed by atoms with van der Waals surface area (Å²) in [4.78, 5) is 53.4. The number of hydrogen-bond donors (Lipinski definition) is 5. The van der Waals surface area contributed by atoms with Gasteiger partial charge in [0.15, 0.2) is 0 Å². The van der Waals surface area contributed by atoms with Gasteiger partial charge in [0.05, 0.1) is 26.1 Å². The molecule has 160 valence electrons. The number of amides is 3. The number of aldehydes is 1. The Balaban J connectivity index is -0.000000581. The Bertz CT molecular complexity index is 522. The average Bonchev–Trinajstić information content (AvgIpc) is 2.68. The lowest BCUT2D eigenvalue weighted by Gasteiger charge is -2.07. The minimum absolute atomic E-state index is 0.00292. The zero-order chi connectivity index (χ0) is 22.4. The standard InChI is InChI=1S/C10H18N4O5.C6H8O.C2H6/c1-11-4-7(15)13-6-9(17)14-5-8(16)12-3-2-10(18)19;1-3-6(4-2)5-7;1-2/h11H,2-6H2,1H3,(H,12,16)(H,13,15)(H,14,17)(H,18,19);3-5H,1H2,2H3;1-2H3/b;6-4+;. The van der Waals surface area contributed by atoms with Crippen molar-refractivity contribution >= 4 is 30.0 Å². The monoisotopic (exact) mass is 400 g/mol. The molecule has 3 amide bonds. The molecule has 0 aliphatic rings. The van der Waals surface area contributed by atoms with Gasteiger partial charge in [-0.1, -0.05) is 32.6 Å². The minimum atomic E-state index is -1.02. The van der Waals surface area contributed by atoms with Gasteiger partial charge < -0.3 is 26.4 Å². The first kappa shape index (κ1) is 29.7. The van der Waals surface area contributed by atoms with Crippen molar-refractivity contribution in [2.45, 2.75) is 27.2 Å². The molecule has 0 atom stereocenters. The summed E-state index contributed by atoms with van der Waals surface area (Å²) >= 11 is 0. The maximum atomic E-state index is 11.2. The van der Waals surface area contributed by atoms with E-state index in [4.69, 9.17) is 5.11 Å². The fourth-order valence-electron chi connectivity index (χ4n) is 1.25. The number of rotatable bonds is 11. The van der Waals surface area contributed by atoms with E-state index in [1.54, 1.807) is 20.0 Å². The Morgan fingerprint density at radius 2 is 1.39 bits per heavy atom. The van der Waals surface area contributed by atoms with Crippen molar-refractivity contribution in [3.63, 3.8) is 0 Å². The van der Waals surface area contributed by atoms with Crippen LogP contribution in [-0.4, -0.2) is 68.3 Å². The van der Waals surface area contributed by atoms with E-state index >= 15 is 0 Å². The molecule has 0 aromatic rings. The van der Waals surface area contributed by atoms with E-state index in [0.717, 1.165) is 6.29 Å². The summed E-state index contributed by atoms with van der Waals surface area (Å²) in [5.41, 5.74) is 0.639. The molecule has 5 N–H and O–H groups in total. The van der Waals surface area contributed by atoms with Crippen LogP contribution in [0.25, 0.3) is 0 Å². The molecule has 28 heavy (non-hydrogen) atoms. The Morgan fingerprint density at radius 1 is 0.929 bits per heavy atom. The fraction of sp³-hybridized carbons (Fsp3) is 0.500. The first-order valence-corrected chi connectivity index (χ1v) is 8.71. The molecular weight excluding hydrogens is 368 g/mol. The summed E-state index contributed by atoms with van der Waals surface area (Å²) in [6, 6.07) is 0. The largest absolute Gasteiger partial charge is 0.481 e. The normalized spacial score (nSPS) is 9.36. The predicted octanol–water partition coefficient (Wildman–Crippen LogP) is -0.627. The number of likely N-dealkylation sites (N-methyl/N-ethyl adjacent to an activating group) is 1. The molecule has 0 aromatic heterocycles. The summed E-state index contributed by atoms with van der Waals surface area (Å²) in [7, 11) is 1.60. The zero-order valence-corrected chi connectivity index (χ0v) is 17.0. The van der Waals surface area contributed by atoms with Gasteiger partial charge in [-0.3, -0.25) is 24.0 Å². The summed E-state index contributed by atoms with van der Waals surface area (Å²) in [5.74, 6) is -2.34. The van der Waals surface area contributed by atoms with Crippen molar-refractivity contribution in [1.29, 1.82) is 0 Å². The number of carboxylic acid groups (broad SMARTS) is 1. The van der Waals surface area contributed by atoms with Crippen molar-refractivity contribution in [2.75, 3.05) is 33.2 Å². The van der Waals surface area contributed by atoms with Crippen molar-refractivity contribution in [3.05, 3.63) is 24.3 Å². The molecule has 0 rings (SSSR count). The maximum Gasteiger partial charge on any atom is 0.305 e. The quantitative estimate of drug-likeness (QED) is 0.176. The molecule has 0 bridgehead atoms. The topological polar surface area (TPSA) is 154 Å². The summed E-state index contributed by atoms with van der Waals surface area (Å²) in [6.45, 7) is 8.82. The van der Waals surface area contributed by atoms with E-state index in [1.165, 1.54) is 6.08 Å². The molecule has 0 radical (unpaired) electrons. The van der Waals surface area contributed by atoms with Gasteiger partial charge in [-0.15, -0.1) is 0 Å². The lowest BCUT2D eigenvalue weighted by molar-refractivity contribution is -0.137. The van der Waals surface area contributed by atoms with Crippen LogP contribution in [0.2, 0.25) is 0 Å². The smallest absolute Gasteiger partial charge is 0.305 e. The first-order chi connectivity index (χ1) is 13.3. The van der Waals surface area contributed by atoms with Crippen LogP contribution >= 0.6 is 0 Å². The van der Waals surface area contributed by atoms with Crippen LogP contribution in [0.5, 0.6) is 0 Å². The van der Waals surface area contributed by atoms with Gasteiger partial charge in [-0.25, -0.2) is 0 Å². The highest BCUT2D eigenvalue weighted by Crippen LogP contribution is 1.85. The van der Waals surface area contributed by atoms with E-state index in [2.05, 4.69) is 27.8 Å². The van der Waals surface area contributed by atoms with Crippen molar-refractivity contribution in [3.8, 4) is 0 Å². The molecule has 0 aliphatic carbocycles. The molecule has 10 nitrogen and oxygen atoms in total. The summed E-state index contributed by atoms with van der Waals surface area (Å²) < 4.78 is 0. The van der Waals surface area contributed by atoms with Gasteiger partial charge >= 0.3 is 5.97 Å². The molecule has 0 aliphatic heterocycles. The highest BCUT2D eigenvalue weighted by atomic mass is 16.4. The van der Waals surface area contributed by atoms with Gasteiger partial charge in [0.25, 0.3) is 0 Å². The van der Waals surface area contributed by atoms with Crippen LogP contribution in [0.3, 0.4) is 0 Å². The average molecular weight is 400 g/mol. The molecule has 0 fully saturated rings. The molecular formula is C18H32N4O6. The number of aliphatic carboxylic acids is 1. The third-order valence-corrected chi connectivity index (χ3v) is 2.60. The summed E-state index contributed by atoms with van der Waals surface area (Å²) in [6.07, 6.45) is 3.82.